The third-order valence-electron chi connectivity index (χ3n) is 0. The fourth-order valence-electron chi connectivity index (χ4n) is 0. The summed E-state index contributed by atoms with van der Waals surface area (Å²) in [6, 6.07) is 0. The van der Waals surface area contributed by atoms with Crippen molar-refractivity contribution in [2.45, 2.75) is 6.92 Å². The normalized spacial score (nSPS) is 4.17. The summed E-state index contributed by atoms with van der Waals surface area (Å²) in [5.41, 5.74) is 0. The maximum absolute atomic E-state index is 9.00. The van der Waals surface area contributed by atoms with Crippen LogP contribution in [0.25, 0.3) is 0 Å². The van der Waals surface area contributed by atoms with E-state index in [0.29, 0.717) is 0 Å². The van der Waals surface area contributed by atoms with Crippen LogP contribution in [0.3, 0.4) is 0 Å². The first-order valence-electron chi connectivity index (χ1n) is 0.928. The van der Waals surface area contributed by atoms with Gasteiger partial charge in [-0.2, -0.15) is 0 Å². The lowest BCUT2D eigenvalue weighted by molar-refractivity contribution is -0.134. The number of hydrogen-bond acceptors (Lipinski definition) is 1. The lowest BCUT2D eigenvalue weighted by atomic mass is 10.9. The summed E-state index contributed by atoms with van der Waals surface area (Å²) < 4.78 is 0. The molecule has 0 atom stereocenters. The van der Waals surface area contributed by atoms with Crippen molar-refractivity contribution in [3.8, 4) is 0 Å². The summed E-state index contributed by atoms with van der Waals surface area (Å²) in [4.78, 5) is 9.00. The van der Waals surface area contributed by atoms with E-state index < -0.39 is 5.97 Å². The van der Waals surface area contributed by atoms with Crippen molar-refractivity contribution in [2.75, 3.05) is 0 Å². The van der Waals surface area contributed by atoms with Crippen LogP contribution in [-0.4, -0.2) is 11.1 Å². The van der Waals surface area contributed by atoms with Crippen LogP contribution >= 0.6 is 0 Å². The monoisotopic (exact) mass is 100 g/mol. The molecule has 1 N–H and O–H groups in total. The Kier molecular flexibility index (Phi) is 27.1. The second-order valence-corrected chi connectivity index (χ2v) is 0.519. The molecular weight excluding hydrogens is 94.0 g/mol. The van der Waals surface area contributed by atoms with Gasteiger partial charge in [-0.3, -0.25) is 14.2 Å². The van der Waals surface area contributed by atoms with Crippen LogP contribution in [0.15, 0.2) is 0 Å². The molecule has 0 radical (unpaired) electrons. The number of aliphatic carboxylic acids is 1. The van der Waals surface area contributed by atoms with E-state index in [1.54, 1.807) is 0 Å². The molecule has 0 aliphatic heterocycles. The molecule has 0 aliphatic rings. The SMILES string of the molecule is CC(=O)O.F.F. The molecule has 0 heterocycles. The molecule has 0 bridgehead atoms. The zero-order valence-electron chi connectivity index (χ0n) is 3.17. The predicted molar refractivity (Wildman–Crippen MR) is 18.3 cm³/mol. The highest BCUT2D eigenvalue weighted by Gasteiger charge is 1.65. The van der Waals surface area contributed by atoms with Gasteiger partial charge in [0, 0.05) is 6.92 Å². The minimum absolute atomic E-state index is 0. The number of hydrogen-bond donors (Lipinski definition) is 1. The Morgan fingerprint density at radius 1 is 1.50 bits per heavy atom. The van der Waals surface area contributed by atoms with Gasteiger partial charge in [-0.15, -0.1) is 0 Å². The summed E-state index contributed by atoms with van der Waals surface area (Å²) in [7, 11) is 0. The summed E-state index contributed by atoms with van der Waals surface area (Å²) in [6.07, 6.45) is 0. The van der Waals surface area contributed by atoms with Crippen molar-refractivity contribution in [3.05, 3.63) is 0 Å². The summed E-state index contributed by atoms with van der Waals surface area (Å²) in [5.74, 6) is -0.833. The van der Waals surface area contributed by atoms with Gasteiger partial charge in [0.2, 0.25) is 0 Å². The van der Waals surface area contributed by atoms with E-state index in [0.717, 1.165) is 6.92 Å². The zero-order valence-corrected chi connectivity index (χ0v) is 3.17. The lowest BCUT2D eigenvalue weighted by Gasteiger charge is -1.59. The van der Waals surface area contributed by atoms with Gasteiger partial charge >= 0.3 is 0 Å². The van der Waals surface area contributed by atoms with Gasteiger partial charge in [-0.05, 0) is 0 Å². The minimum Gasteiger partial charge on any atom is -0.481 e. The third-order valence-corrected chi connectivity index (χ3v) is 0. The van der Waals surface area contributed by atoms with Crippen molar-refractivity contribution in [1.29, 1.82) is 0 Å². The Bertz CT molecular complexity index is 32.5. The van der Waals surface area contributed by atoms with Crippen molar-refractivity contribution >= 4 is 5.97 Å². The first-order valence-corrected chi connectivity index (χ1v) is 0.928. The van der Waals surface area contributed by atoms with Gasteiger partial charge in [0.1, 0.15) is 0 Å². The van der Waals surface area contributed by atoms with Crippen LogP contribution in [0.1, 0.15) is 6.92 Å². The molecule has 0 fully saturated rings. The molecule has 0 aromatic rings. The van der Waals surface area contributed by atoms with Gasteiger partial charge in [-0.25, -0.2) is 0 Å². The van der Waals surface area contributed by atoms with Gasteiger partial charge in [0.25, 0.3) is 5.97 Å². The molecule has 0 aromatic carbocycles. The molecule has 0 aromatic heterocycles. The summed E-state index contributed by atoms with van der Waals surface area (Å²) in [5, 5.41) is 7.42. The van der Waals surface area contributed by atoms with Crippen LogP contribution in [0.5, 0.6) is 0 Å². The number of carbonyl (C=O) groups is 1. The molecule has 0 saturated carbocycles. The maximum atomic E-state index is 9.00. The second kappa shape index (κ2) is 8.84. The first kappa shape index (κ1) is 18.4. The topological polar surface area (TPSA) is 37.3 Å². The average molecular weight is 100 g/mol. The summed E-state index contributed by atoms with van der Waals surface area (Å²) >= 11 is 0. The second-order valence-electron chi connectivity index (χ2n) is 0.519. The average Bonchev–Trinajstić information content (AvgIpc) is 0.811. The van der Waals surface area contributed by atoms with Gasteiger partial charge in [0.15, 0.2) is 0 Å². The van der Waals surface area contributed by atoms with Gasteiger partial charge < -0.3 is 5.11 Å². The van der Waals surface area contributed by atoms with E-state index in [9.17, 15) is 0 Å². The van der Waals surface area contributed by atoms with E-state index in [4.69, 9.17) is 9.90 Å². The fraction of sp³-hybridized carbons (Fsp3) is 0.500. The molecule has 2 nitrogen and oxygen atoms in total. The minimum atomic E-state index is -0.833. The Labute approximate surface area is 33.5 Å². The predicted octanol–water partition coefficient (Wildman–Crippen LogP) is 0.396. The molecule has 4 heteroatoms. The van der Waals surface area contributed by atoms with E-state index in [1.807, 2.05) is 0 Å². The van der Waals surface area contributed by atoms with Crippen molar-refractivity contribution in [3.63, 3.8) is 0 Å². The standard InChI is InChI=1S/C2H4O2.2FH/c1-2(3)4;;/h1H3,(H,3,4);2*1H. The Balaban J connectivity index is -0.0000000450. The number of carboxylic acid groups (broad SMARTS) is 1. The van der Waals surface area contributed by atoms with Crippen molar-refractivity contribution in [1.82, 2.24) is 0 Å². The molecular formula is C2H6F2O2. The highest BCUT2D eigenvalue weighted by atomic mass is 19.0. The molecule has 6 heavy (non-hydrogen) atoms. The van der Waals surface area contributed by atoms with Crippen molar-refractivity contribution in [2.24, 2.45) is 0 Å². The van der Waals surface area contributed by atoms with Crippen LogP contribution < -0.4 is 0 Å². The first-order chi connectivity index (χ1) is 1.73. The van der Waals surface area contributed by atoms with Crippen LogP contribution in [-0.2, 0) is 4.79 Å². The fourth-order valence-corrected chi connectivity index (χ4v) is 0. The molecule has 0 aliphatic carbocycles. The lowest BCUT2D eigenvalue weighted by Crippen LogP contribution is -1.78. The van der Waals surface area contributed by atoms with Crippen LogP contribution in [0.4, 0.5) is 9.41 Å². The van der Waals surface area contributed by atoms with E-state index >= 15 is 0 Å². The van der Waals surface area contributed by atoms with Gasteiger partial charge in [-0.1, -0.05) is 0 Å². The smallest absolute Gasteiger partial charge is 0.300 e. The van der Waals surface area contributed by atoms with E-state index in [1.165, 1.54) is 0 Å². The zero-order chi connectivity index (χ0) is 3.58. The summed E-state index contributed by atoms with van der Waals surface area (Å²) in [6.45, 7) is 1.08. The number of halogens is 2. The van der Waals surface area contributed by atoms with E-state index in [-0.39, 0.29) is 9.41 Å². The molecule has 40 valence electrons. The van der Waals surface area contributed by atoms with Crippen LogP contribution in [0.2, 0.25) is 0 Å². The molecule has 0 amide bonds. The maximum Gasteiger partial charge on any atom is 0.300 e. The van der Waals surface area contributed by atoms with Gasteiger partial charge in [0.05, 0.1) is 0 Å². The van der Waals surface area contributed by atoms with E-state index in [2.05, 4.69) is 0 Å². The number of carboxylic acids is 1. The van der Waals surface area contributed by atoms with Crippen molar-refractivity contribution < 1.29 is 19.3 Å². The quantitative estimate of drug-likeness (QED) is 0.478. The Morgan fingerprint density at radius 3 is 1.50 bits per heavy atom. The third kappa shape index (κ3) is 40.3. The van der Waals surface area contributed by atoms with Crippen LogP contribution in [0, 0.1) is 0 Å². The highest BCUT2D eigenvalue weighted by Crippen LogP contribution is 1.42. The molecule has 0 saturated heterocycles. The molecule has 0 spiro atoms. The number of rotatable bonds is 0. The molecule has 0 unspecified atom stereocenters. The molecule has 0 rings (SSSR count). The highest BCUT2D eigenvalue weighted by molar-refractivity contribution is 5.62. The largest absolute Gasteiger partial charge is 0.481 e. The Hall–Kier alpha value is -0.670. The Morgan fingerprint density at radius 2 is 1.50 bits per heavy atom.